The van der Waals surface area contributed by atoms with Crippen LogP contribution < -0.4 is 10.5 Å². The van der Waals surface area contributed by atoms with Gasteiger partial charge in [0.05, 0.1) is 7.11 Å². The highest BCUT2D eigenvalue weighted by atomic mass is 16.5. The molecule has 1 aliphatic carbocycles. The zero-order valence-electron chi connectivity index (χ0n) is 10.9. The van der Waals surface area contributed by atoms with Crippen molar-refractivity contribution in [1.82, 2.24) is 0 Å². The summed E-state index contributed by atoms with van der Waals surface area (Å²) in [6, 6.07) is 8.36. The summed E-state index contributed by atoms with van der Waals surface area (Å²) in [5.41, 5.74) is 8.04. The molecule has 1 aromatic rings. The number of nitrogens with two attached hydrogens (primary N) is 1. The summed E-state index contributed by atoms with van der Waals surface area (Å²) in [6.07, 6.45) is 6.35. The molecule has 1 unspecified atom stereocenters. The van der Waals surface area contributed by atoms with Crippen molar-refractivity contribution in [1.29, 1.82) is 0 Å². The van der Waals surface area contributed by atoms with Crippen LogP contribution in [0.3, 0.4) is 0 Å². The Kier molecular flexibility index (Phi) is 3.72. The van der Waals surface area contributed by atoms with Crippen molar-refractivity contribution < 1.29 is 4.74 Å². The molecule has 2 nitrogen and oxygen atoms in total. The molecule has 0 heterocycles. The fourth-order valence-corrected chi connectivity index (χ4v) is 3.15. The Bertz CT molecular complexity index is 369. The lowest BCUT2D eigenvalue weighted by Gasteiger charge is -2.34. The molecule has 1 aliphatic rings. The first-order chi connectivity index (χ1) is 8.22. The van der Waals surface area contributed by atoms with E-state index in [0.29, 0.717) is 5.41 Å². The molecule has 2 N–H and O–H groups in total. The maximum absolute atomic E-state index is 6.51. The van der Waals surface area contributed by atoms with E-state index in [0.717, 1.165) is 5.75 Å². The summed E-state index contributed by atoms with van der Waals surface area (Å²) in [5, 5.41) is 0. The first-order valence-electron chi connectivity index (χ1n) is 6.61. The summed E-state index contributed by atoms with van der Waals surface area (Å²) in [6.45, 7) is 2.27. The molecule has 0 saturated heterocycles. The number of methoxy groups -OCH3 is 1. The Balaban J connectivity index is 2.25. The fourth-order valence-electron chi connectivity index (χ4n) is 3.15. The largest absolute Gasteiger partial charge is 0.497 e. The first-order valence-corrected chi connectivity index (χ1v) is 6.61. The van der Waals surface area contributed by atoms with Gasteiger partial charge in [-0.05, 0) is 42.4 Å². The molecule has 0 bridgehead atoms. The third-order valence-electron chi connectivity index (χ3n) is 4.42. The van der Waals surface area contributed by atoms with Crippen LogP contribution in [0.2, 0.25) is 0 Å². The van der Waals surface area contributed by atoms with E-state index in [1.807, 2.05) is 12.1 Å². The topological polar surface area (TPSA) is 35.2 Å². The van der Waals surface area contributed by atoms with Gasteiger partial charge in [-0.3, -0.25) is 0 Å². The molecule has 0 spiro atoms. The van der Waals surface area contributed by atoms with Gasteiger partial charge in [-0.2, -0.15) is 0 Å². The van der Waals surface area contributed by atoms with Gasteiger partial charge in [0, 0.05) is 6.04 Å². The molecule has 0 aromatic heterocycles. The Morgan fingerprint density at radius 1 is 1.35 bits per heavy atom. The molecular formula is C15H23NO. The first kappa shape index (κ1) is 12.4. The summed E-state index contributed by atoms with van der Waals surface area (Å²) < 4.78 is 5.28. The second-order valence-corrected chi connectivity index (χ2v) is 5.18. The van der Waals surface area contributed by atoms with Crippen LogP contribution in [-0.2, 0) is 0 Å². The van der Waals surface area contributed by atoms with Gasteiger partial charge in [0.25, 0.3) is 0 Å². The summed E-state index contributed by atoms with van der Waals surface area (Å²) >= 11 is 0. The van der Waals surface area contributed by atoms with Gasteiger partial charge in [-0.25, -0.2) is 0 Å². The maximum atomic E-state index is 6.51. The van der Waals surface area contributed by atoms with E-state index in [2.05, 4.69) is 19.1 Å². The molecule has 94 valence electrons. The molecule has 1 saturated carbocycles. The van der Waals surface area contributed by atoms with Gasteiger partial charge in [-0.15, -0.1) is 0 Å². The van der Waals surface area contributed by atoms with Crippen LogP contribution in [0.5, 0.6) is 5.75 Å². The van der Waals surface area contributed by atoms with Crippen LogP contribution in [-0.4, -0.2) is 7.11 Å². The van der Waals surface area contributed by atoms with Gasteiger partial charge in [0.15, 0.2) is 0 Å². The molecule has 0 amide bonds. The lowest BCUT2D eigenvalue weighted by molar-refractivity contribution is 0.222. The Morgan fingerprint density at radius 2 is 2.06 bits per heavy atom. The molecule has 2 heteroatoms. The monoisotopic (exact) mass is 233 g/mol. The standard InChI is InChI=1S/C15H23NO/c1-3-15(9-4-5-10-15)14(16)12-7-6-8-13(11-12)17-2/h6-8,11,14H,3-5,9-10,16H2,1-2H3. The second kappa shape index (κ2) is 5.09. The van der Waals surface area contributed by atoms with Crippen molar-refractivity contribution in [3.05, 3.63) is 29.8 Å². The van der Waals surface area contributed by atoms with Gasteiger partial charge in [0.1, 0.15) is 5.75 Å². The predicted octanol–water partition coefficient (Wildman–Crippen LogP) is 3.67. The molecule has 17 heavy (non-hydrogen) atoms. The number of hydrogen-bond acceptors (Lipinski definition) is 2. The van der Waals surface area contributed by atoms with Crippen LogP contribution in [0.1, 0.15) is 50.6 Å². The van der Waals surface area contributed by atoms with Crippen LogP contribution in [0.15, 0.2) is 24.3 Å². The highest BCUT2D eigenvalue weighted by molar-refractivity contribution is 5.31. The summed E-state index contributed by atoms with van der Waals surface area (Å²) in [7, 11) is 1.70. The normalized spacial score (nSPS) is 20.2. The fraction of sp³-hybridized carbons (Fsp3) is 0.600. The van der Waals surface area contributed by atoms with E-state index < -0.39 is 0 Å². The molecule has 2 rings (SSSR count). The van der Waals surface area contributed by atoms with Crippen molar-refractivity contribution in [3.63, 3.8) is 0 Å². The van der Waals surface area contributed by atoms with E-state index in [1.54, 1.807) is 7.11 Å². The number of benzene rings is 1. The van der Waals surface area contributed by atoms with Crippen molar-refractivity contribution in [2.75, 3.05) is 7.11 Å². The molecule has 0 aliphatic heterocycles. The van der Waals surface area contributed by atoms with Crippen LogP contribution in [0, 0.1) is 5.41 Å². The van der Waals surface area contributed by atoms with Crippen molar-refractivity contribution in [3.8, 4) is 5.75 Å². The molecule has 0 radical (unpaired) electrons. The molecule has 1 atom stereocenters. The molecule has 1 aromatic carbocycles. The van der Waals surface area contributed by atoms with E-state index in [9.17, 15) is 0 Å². The zero-order valence-corrected chi connectivity index (χ0v) is 10.9. The molecular weight excluding hydrogens is 210 g/mol. The van der Waals surface area contributed by atoms with Crippen molar-refractivity contribution >= 4 is 0 Å². The predicted molar refractivity (Wildman–Crippen MR) is 71.1 cm³/mol. The smallest absolute Gasteiger partial charge is 0.119 e. The van der Waals surface area contributed by atoms with Crippen LogP contribution in [0.4, 0.5) is 0 Å². The van der Waals surface area contributed by atoms with E-state index in [-0.39, 0.29) is 6.04 Å². The SMILES string of the molecule is CCC1(C(N)c2cccc(OC)c2)CCCC1. The lowest BCUT2D eigenvalue weighted by Crippen LogP contribution is -2.31. The lowest BCUT2D eigenvalue weighted by atomic mass is 9.74. The molecule has 1 fully saturated rings. The van der Waals surface area contributed by atoms with Crippen molar-refractivity contribution in [2.24, 2.45) is 11.1 Å². The third kappa shape index (κ3) is 2.32. The Labute approximate surface area is 104 Å². The van der Waals surface area contributed by atoms with Crippen LogP contribution in [0.25, 0.3) is 0 Å². The minimum atomic E-state index is 0.144. The maximum Gasteiger partial charge on any atom is 0.119 e. The summed E-state index contributed by atoms with van der Waals surface area (Å²) in [4.78, 5) is 0. The van der Waals surface area contributed by atoms with E-state index in [4.69, 9.17) is 10.5 Å². The number of hydrogen-bond donors (Lipinski definition) is 1. The quantitative estimate of drug-likeness (QED) is 0.861. The number of ether oxygens (including phenoxy) is 1. The van der Waals surface area contributed by atoms with E-state index in [1.165, 1.54) is 37.7 Å². The third-order valence-corrected chi connectivity index (χ3v) is 4.42. The van der Waals surface area contributed by atoms with Gasteiger partial charge >= 0.3 is 0 Å². The average molecular weight is 233 g/mol. The van der Waals surface area contributed by atoms with Gasteiger partial charge < -0.3 is 10.5 Å². The summed E-state index contributed by atoms with van der Waals surface area (Å²) in [5.74, 6) is 0.905. The average Bonchev–Trinajstić information content (AvgIpc) is 2.88. The van der Waals surface area contributed by atoms with Gasteiger partial charge in [0.2, 0.25) is 0 Å². The minimum Gasteiger partial charge on any atom is -0.497 e. The highest BCUT2D eigenvalue weighted by Crippen LogP contribution is 2.49. The second-order valence-electron chi connectivity index (χ2n) is 5.18. The zero-order chi connectivity index (χ0) is 12.3. The van der Waals surface area contributed by atoms with E-state index >= 15 is 0 Å². The number of rotatable bonds is 4. The van der Waals surface area contributed by atoms with Crippen molar-refractivity contribution in [2.45, 2.75) is 45.1 Å². The highest BCUT2D eigenvalue weighted by Gasteiger charge is 2.38. The minimum absolute atomic E-state index is 0.144. The Morgan fingerprint density at radius 3 is 2.65 bits per heavy atom. The van der Waals surface area contributed by atoms with Crippen LogP contribution >= 0.6 is 0 Å². The van der Waals surface area contributed by atoms with Gasteiger partial charge in [-0.1, -0.05) is 31.9 Å². The Hall–Kier alpha value is -1.02.